The Morgan fingerprint density at radius 1 is 1.04 bits per heavy atom. The zero-order valence-corrected chi connectivity index (χ0v) is 14.7. The summed E-state index contributed by atoms with van der Waals surface area (Å²) in [4.78, 5) is 25.9. The van der Waals surface area contributed by atoms with Crippen LogP contribution in [0.5, 0.6) is 17.2 Å². The lowest BCUT2D eigenvalue weighted by molar-refractivity contribution is -0.122. The van der Waals surface area contributed by atoms with Crippen LogP contribution < -0.4 is 24.4 Å². The molecule has 2 amide bonds. The van der Waals surface area contributed by atoms with Crippen molar-refractivity contribution >= 4 is 17.5 Å². The van der Waals surface area contributed by atoms with E-state index in [0.29, 0.717) is 42.6 Å². The summed E-state index contributed by atoms with van der Waals surface area (Å²) in [6.07, 6.45) is -0.0425. The quantitative estimate of drug-likeness (QED) is 0.870. The molecule has 27 heavy (non-hydrogen) atoms. The highest BCUT2D eigenvalue weighted by Gasteiger charge is 2.26. The molecular weight excluding hydrogens is 348 g/mol. The highest BCUT2D eigenvalue weighted by Crippen LogP contribution is 2.32. The molecule has 1 N–H and O–H groups in total. The van der Waals surface area contributed by atoms with Crippen molar-refractivity contribution in [2.24, 2.45) is 0 Å². The van der Waals surface area contributed by atoms with Crippen LogP contribution in [0.4, 0.5) is 5.69 Å². The number of anilines is 1. The van der Waals surface area contributed by atoms with E-state index in [-0.39, 0.29) is 30.9 Å². The minimum absolute atomic E-state index is 0.00864. The number of hydrogen-bond donors (Lipinski definition) is 1. The van der Waals surface area contributed by atoms with E-state index in [1.165, 1.54) is 0 Å². The number of nitrogens with zero attached hydrogens (tertiary/aromatic N) is 1. The molecule has 0 aromatic heterocycles. The Kier molecular flexibility index (Phi) is 4.82. The number of ether oxygens (including phenoxy) is 3. The topological polar surface area (TPSA) is 77.1 Å². The molecule has 4 rings (SSSR count). The molecule has 0 spiro atoms. The molecule has 2 aliphatic rings. The Morgan fingerprint density at radius 2 is 1.78 bits per heavy atom. The minimum Gasteiger partial charge on any atom is -0.486 e. The van der Waals surface area contributed by atoms with Crippen LogP contribution in [-0.4, -0.2) is 44.2 Å². The summed E-state index contributed by atoms with van der Waals surface area (Å²) in [5.41, 5.74) is 0.696. The largest absolute Gasteiger partial charge is 0.486 e. The van der Waals surface area contributed by atoms with Gasteiger partial charge in [0.15, 0.2) is 18.1 Å². The lowest BCUT2D eigenvalue weighted by atomic mass is 10.2. The number of hydrogen-bond acceptors (Lipinski definition) is 5. The summed E-state index contributed by atoms with van der Waals surface area (Å²) in [6.45, 7) is 1.02. The van der Waals surface area contributed by atoms with Crippen LogP contribution in [-0.2, 0) is 9.59 Å². The van der Waals surface area contributed by atoms with E-state index in [4.69, 9.17) is 14.2 Å². The van der Waals surface area contributed by atoms with Crippen molar-refractivity contribution in [3.05, 3.63) is 48.5 Å². The maximum atomic E-state index is 12.2. The van der Waals surface area contributed by atoms with Gasteiger partial charge in [0.05, 0.1) is 12.2 Å². The smallest absolute Gasteiger partial charge is 0.265 e. The number of carbonyl (C=O) groups excluding carboxylic acids is 2. The second-order valence-corrected chi connectivity index (χ2v) is 6.35. The van der Waals surface area contributed by atoms with Crippen LogP contribution >= 0.6 is 0 Å². The molecule has 0 bridgehead atoms. The second kappa shape index (κ2) is 7.57. The zero-order valence-electron chi connectivity index (χ0n) is 14.7. The maximum Gasteiger partial charge on any atom is 0.265 e. The van der Waals surface area contributed by atoms with Crippen molar-refractivity contribution in [3.63, 3.8) is 0 Å². The minimum atomic E-state index is -0.241. The standard InChI is InChI=1S/C20H20N2O5/c23-19(21-11-14-12-25-17-7-3-4-8-18(17)27-14)9-10-22-15-5-1-2-6-16(15)26-13-20(22)24/h1-8,14H,9-13H2,(H,21,23). The molecule has 2 aromatic rings. The first kappa shape index (κ1) is 17.2. The SMILES string of the molecule is O=C(CCN1C(=O)COc2ccccc21)NCC1COc2ccccc2O1. The van der Waals surface area contributed by atoms with Gasteiger partial charge in [-0.2, -0.15) is 0 Å². The number of fused-ring (bicyclic) bond motifs is 2. The van der Waals surface area contributed by atoms with Gasteiger partial charge in [-0.05, 0) is 24.3 Å². The number of rotatable bonds is 5. The van der Waals surface area contributed by atoms with Crippen LogP contribution in [0.2, 0.25) is 0 Å². The molecule has 2 aliphatic heterocycles. The van der Waals surface area contributed by atoms with Crippen LogP contribution in [0.1, 0.15) is 6.42 Å². The molecule has 2 heterocycles. The first-order valence-electron chi connectivity index (χ1n) is 8.88. The van der Waals surface area contributed by atoms with Crippen LogP contribution in [0.15, 0.2) is 48.5 Å². The van der Waals surface area contributed by atoms with E-state index >= 15 is 0 Å². The molecule has 0 radical (unpaired) electrons. The summed E-state index contributed by atoms with van der Waals surface area (Å²) in [5.74, 6) is 1.75. The molecule has 2 aromatic carbocycles. The van der Waals surface area contributed by atoms with Crippen molar-refractivity contribution in [3.8, 4) is 17.2 Å². The Balaban J connectivity index is 1.28. The predicted molar refractivity (Wildman–Crippen MR) is 98.3 cm³/mol. The van der Waals surface area contributed by atoms with E-state index in [9.17, 15) is 9.59 Å². The lowest BCUT2D eigenvalue weighted by Crippen LogP contribution is -2.43. The maximum absolute atomic E-state index is 12.2. The van der Waals surface area contributed by atoms with Gasteiger partial charge >= 0.3 is 0 Å². The van der Waals surface area contributed by atoms with Crippen molar-refractivity contribution in [2.45, 2.75) is 12.5 Å². The number of benzene rings is 2. The summed E-state index contributed by atoms with van der Waals surface area (Å²) in [7, 11) is 0. The average molecular weight is 368 g/mol. The number of nitrogens with one attached hydrogen (secondary N) is 1. The molecule has 0 aliphatic carbocycles. The Bertz CT molecular complexity index is 854. The fourth-order valence-electron chi connectivity index (χ4n) is 3.09. The monoisotopic (exact) mass is 368 g/mol. The molecular formula is C20H20N2O5. The van der Waals surface area contributed by atoms with Gasteiger partial charge in [-0.1, -0.05) is 24.3 Å². The number of para-hydroxylation sites is 4. The van der Waals surface area contributed by atoms with Gasteiger partial charge in [-0.15, -0.1) is 0 Å². The zero-order chi connectivity index (χ0) is 18.6. The fraction of sp³-hybridized carbons (Fsp3) is 0.300. The van der Waals surface area contributed by atoms with E-state index in [1.54, 1.807) is 4.90 Å². The molecule has 7 nitrogen and oxygen atoms in total. The molecule has 1 unspecified atom stereocenters. The molecule has 0 saturated carbocycles. The van der Waals surface area contributed by atoms with Gasteiger partial charge in [0.2, 0.25) is 5.91 Å². The van der Waals surface area contributed by atoms with Crippen LogP contribution in [0.25, 0.3) is 0 Å². The molecule has 0 fully saturated rings. The Labute approximate surface area is 156 Å². The molecule has 140 valence electrons. The Morgan fingerprint density at radius 3 is 2.63 bits per heavy atom. The number of carbonyl (C=O) groups is 2. The summed E-state index contributed by atoms with van der Waals surface area (Å²) < 4.78 is 16.9. The van der Waals surface area contributed by atoms with Gasteiger partial charge in [-0.3, -0.25) is 9.59 Å². The molecule has 1 atom stereocenters. The second-order valence-electron chi connectivity index (χ2n) is 6.35. The van der Waals surface area contributed by atoms with Crippen molar-refractivity contribution < 1.29 is 23.8 Å². The molecule has 0 saturated heterocycles. The highest BCUT2D eigenvalue weighted by atomic mass is 16.6. The third-order valence-electron chi connectivity index (χ3n) is 4.47. The average Bonchev–Trinajstić information content (AvgIpc) is 2.71. The van der Waals surface area contributed by atoms with Gasteiger partial charge in [-0.25, -0.2) is 0 Å². The van der Waals surface area contributed by atoms with Gasteiger partial charge in [0.1, 0.15) is 18.5 Å². The van der Waals surface area contributed by atoms with E-state index in [2.05, 4.69) is 5.32 Å². The first-order valence-corrected chi connectivity index (χ1v) is 8.88. The summed E-state index contributed by atoms with van der Waals surface area (Å²) in [5, 5.41) is 2.85. The fourth-order valence-corrected chi connectivity index (χ4v) is 3.09. The van der Waals surface area contributed by atoms with Crippen molar-refractivity contribution in [2.75, 3.05) is 31.2 Å². The van der Waals surface area contributed by atoms with Crippen LogP contribution in [0, 0.1) is 0 Å². The van der Waals surface area contributed by atoms with E-state index < -0.39 is 0 Å². The highest BCUT2D eigenvalue weighted by molar-refractivity contribution is 5.98. The molecule has 7 heteroatoms. The summed E-state index contributed by atoms with van der Waals surface area (Å²) in [6, 6.07) is 14.8. The normalized spacial score (nSPS) is 17.7. The van der Waals surface area contributed by atoms with Crippen molar-refractivity contribution in [1.29, 1.82) is 0 Å². The third kappa shape index (κ3) is 3.81. The van der Waals surface area contributed by atoms with E-state index in [1.807, 2.05) is 48.5 Å². The Hall–Kier alpha value is -3.22. The van der Waals surface area contributed by atoms with Gasteiger partial charge in [0, 0.05) is 13.0 Å². The predicted octanol–water partition coefficient (Wildman–Crippen LogP) is 1.76. The lowest BCUT2D eigenvalue weighted by Gasteiger charge is -2.29. The first-order chi connectivity index (χ1) is 13.2. The summed E-state index contributed by atoms with van der Waals surface area (Å²) >= 11 is 0. The van der Waals surface area contributed by atoms with Crippen LogP contribution in [0.3, 0.4) is 0 Å². The van der Waals surface area contributed by atoms with E-state index in [0.717, 1.165) is 0 Å². The van der Waals surface area contributed by atoms with Gasteiger partial charge < -0.3 is 24.4 Å². The van der Waals surface area contributed by atoms with Gasteiger partial charge in [0.25, 0.3) is 5.91 Å². The van der Waals surface area contributed by atoms with Crippen molar-refractivity contribution in [1.82, 2.24) is 5.32 Å². The third-order valence-corrected chi connectivity index (χ3v) is 4.47. The number of amides is 2.